The molecule has 0 saturated carbocycles. The average molecular weight is 407 g/mol. The van der Waals surface area contributed by atoms with Gasteiger partial charge in [0.1, 0.15) is 12.2 Å². The maximum absolute atomic E-state index is 12.2. The van der Waals surface area contributed by atoms with Crippen LogP contribution in [0.1, 0.15) is 34.5 Å². The Labute approximate surface area is 172 Å². The summed E-state index contributed by atoms with van der Waals surface area (Å²) in [7, 11) is 0. The van der Waals surface area contributed by atoms with Crippen molar-refractivity contribution in [3.63, 3.8) is 0 Å². The minimum Gasteiger partial charge on any atom is -0.461 e. The first-order valence-corrected chi connectivity index (χ1v) is 10.4. The molecule has 29 heavy (non-hydrogen) atoms. The van der Waals surface area contributed by atoms with E-state index in [2.05, 4.69) is 11.1 Å². The number of nitrogens with zero attached hydrogens (tertiary/aromatic N) is 1. The molecule has 0 aliphatic rings. The Bertz CT molecular complexity index is 1220. The summed E-state index contributed by atoms with van der Waals surface area (Å²) in [6, 6.07) is 13.2. The normalized spacial score (nSPS) is 11.2. The van der Waals surface area contributed by atoms with E-state index in [-0.39, 0.29) is 12.6 Å². The van der Waals surface area contributed by atoms with Crippen molar-refractivity contribution in [1.82, 2.24) is 4.98 Å². The molecule has 2 aromatic carbocycles. The summed E-state index contributed by atoms with van der Waals surface area (Å²) in [6.45, 7) is 4.02. The van der Waals surface area contributed by atoms with Crippen LogP contribution in [0.5, 0.6) is 0 Å². The van der Waals surface area contributed by atoms with Crippen LogP contribution < -0.4 is 5.63 Å². The molecular formula is C23H21NO4S. The Morgan fingerprint density at radius 2 is 1.93 bits per heavy atom. The molecule has 0 spiro atoms. The first-order valence-electron chi connectivity index (χ1n) is 9.53. The van der Waals surface area contributed by atoms with Crippen LogP contribution in [-0.4, -0.2) is 11.0 Å². The van der Waals surface area contributed by atoms with Gasteiger partial charge < -0.3 is 9.15 Å². The molecule has 148 valence electrons. The number of aromatic nitrogens is 1. The van der Waals surface area contributed by atoms with Crippen LogP contribution in [0.3, 0.4) is 0 Å². The van der Waals surface area contributed by atoms with Crippen LogP contribution in [0, 0.1) is 13.8 Å². The average Bonchev–Trinajstić information content (AvgIpc) is 3.10. The zero-order valence-electron chi connectivity index (χ0n) is 16.4. The fraction of sp³-hybridized carbons (Fsp3) is 0.261. The molecule has 5 nitrogen and oxygen atoms in total. The van der Waals surface area contributed by atoms with E-state index in [0.29, 0.717) is 24.0 Å². The topological polar surface area (TPSA) is 69.4 Å². The second kappa shape index (κ2) is 8.17. The molecule has 4 rings (SSSR count). The Hall–Kier alpha value is -2.99. The third kappa shape index (κ3) is 4.38. The van der Waals surface area contributed by atoms with Gasteiger partial charge in [-0.05, 0) is 62.1 Å². The fourth-order valence-electron chi connectivity index (χ4n) is 3.24. The molecule has 6 heteroatoms. The number of fused-ring (bicyclic) bond motifs is 2. The van der Waals surface area contributed by atoms with Crippen LogP contribution in [0.4, 0.5) is 0 Å². The SMILES string of the molecule is Cc1cc2oc(=O)cc(COC(=O)CCCc3nc4ccccc4s3)c2cc1C. The van der Waals surface area contributed by atoms with E-state index in [9.17, 15) is 9.59 Å². The Balaban J connectivity index is 1.37. The minimum absolute atomic E-state index is 0.0601. The molecule has 0 unspecified atom stereocenters. The Morgan fingerprint density at radius 1 is 1.14 bits per heavy atom. The van der Waals surface area contributed by atoms with Crippen molar-refractivity contribution in [3.05, 3.63) is 74.6 Å². The number of rotatable bonds is 6. The summed E-state index contributed by atoms with van der Waals surface area (Å²) >= 11 is 1.66. The van der Waals surface area contributed by atoms with Gasteiger partial charge >= 0.3 is 11.6 Å². The van der Waals surface area contributed by atoms with Gasteiger partial charge in [-0.15, -0.1) is 11.3 Å². The predicted molar refractivity (Wildman–Crippen MR) is 114 cm³/mol. The molecular weight excluding hydrogens is 386 g/mol. The summed E-state index contributed by atoms with van der Waals surface area (Å²) in [5.74, 6) is -0.281. The monoisotopic (exact) mass is 407 g/mol. The highest BCUT2D eigenvalue weighted by atomic mass is 32.1. The van der Waals surface area contributed by atoms with Crippen LogP contribution in [-0.2, 0) is 22.6 Å². The van der Waals surface area contributed by atoms with Crippen LogP contribution in [0.15, 0.2) is 51.7 Å². The lowest BCUT2D eigenvalue weighted by Gasteiger charge is -2.09. The highest BCUT2D eigenvalue weighted by molar-refractivity contribution is 7.18. The maximum Gasteiger partial charge on any atom is 0.336 e. The van der Waals surface area contributed by atoms with E-state index in [1.165, 1.54) is 6.07 Å². The lowest BCUT2D eigenvalue weighted by molar-refractivity contribution is -0.145. The van der Waals surface area contributed by atoms with Crippen molar-refractivity contribution in [2.45, 2.75) is 39.7 Å². The van der Waals surface area contributed by atoms with Crippen molar-refractivity contribution in [3.8, 4) is 0 Å². The third-order valence-corrected chi connectivity index (χ3v) is 6.04. The number of carbonyl (C=O) groups excluding carboxylic acids is 1. The van der Waals surface area contributed by atoms with E-state index in [1.54, 1.807) is 11.3 Å². The molecule has 0 aliphatic heterocycles. The standard InChI is InChI=1S/C23H21NO4S/c1-14-10-17-16(12-23(26)28-19(17)11-15(14)2)13-27-22(25)9-5-8-21-24-18-6-3-4-7-20(18)29-21/h3-4,6-7,10-12H,5,8-9,13H2,1-2H3. The molecule has 0 amide bonds. The maximum atomic E-state index is 12.2. The van der Waals surface area contributed by atoms with Crippen LogP contribution in [0.25, 0.3) is 21.2 Å². The molecule has 2 heterocycles. The van der Waals surface area contributed by atoms with Crippen molar-refractivity contribution in [2.75, 3.05) is 0 Å². The molecule has 0 aliphatic carbocycles. The van der Waals surface area contributed by atoms with Crippen LogP contribution >= 0.6 is 11.3 Å². The summed E-state index contributed by atoms with van der Waals surface area (Å²) in [5, 5.41) is 1.83. The number of aryl methyl sites for hydroxylation is 3. The molecule has 0 atom stereocenters. The molecule has 0 radical (unpaired) electrons. The van der Waals surface area contributed by atoms with E-state index < -0.39 is 5.63 Å². The number of carbonyl (C=O) groups is 1. The molecule has 0 bridgehead atoms. The number of hydrogen-bond donors (Lipinski definition) is 0. The largest absolute Gasteiger partial charge is 0.461 e. The second-order valence-electron chi connectivity index (χ2n) is 7.11. The van der Waals surface area contributed by atoms with Gasteiger partial charge in [0.2, 0.25) is 0 Å². The van der Waals surface area contributed by atoms with Crippen molar-refractivity contribution >= 4 is 38.5 Å². The van der Waals surface area contributed by atoms with Gasteiger partial charge in [0.15, 0.2) is 0 Å². The fourth-order valence-corrected chi connectivity index (χ4v) is 4.25. The third-order valence-electron chi connectivity index (χ3n) is 4.94. The lowest BCUT2D eigenvalue weighted by atomic mass is 10.0. The zero-order chi connectivity index (χ0) is 20.4. The number of thiazole rings is 1. The van der Waals surface area contributed by atoms with Crippen molar-refractivity contribution < 1.29 is 13.9 Å². The summed E-state index contributed by atoms with van der Waals surface area (Å²) < 4.78 is 11.9. The zero-order valence-corrected chi connectivity index (χ0v) is 17.2. The van der Waals surface area contributed by atoms with Crippen LogP contribution in [0.2, 0.25) is 0 Å². The van der Waals surface area contributed by atoms with Gasteiger partial charge in [0.05, 0.1) is 15.2 Å². The second-order valence-corrected chi connectivity index (χ2v) is 8.23. The Morgan fingerprint density at radius 3 is 2.76 bits per heavy atom. The van der Waals surface area contributed by atoms with Crippen molar-refractivity contribution in [1.29, 1.82) is 0 Å². The van der Waals surface area contributed by atoms with Gasteiger partial charge in [0, 0.05) is 23.4 Å². The molecule has 0 N–H and O–H groups in total. The summed E-state index contributed by atoms with van der Waals surface area (Å²) in [4.78, 5) is 28.6. The van der Waals surface area contributed by atoms with Gasteiger partial charge in [-0.3, -0.25) is 4.79 Å². The molecule has 0 fully saturated rings. The van der Waals surface area contributed by atoms with Gasteiger partial charge in [-0.1, -0.05) is 12.1 Å². The quantitative estimate of drug-likeness (QED) is 0.329. The molecule has 4 aromatic rings. The summed E-state index contributed by atoms with van der Waals surface area (Å²) in [5.41, 5.74) is 3.87. The number of ether oxygens (including phenoxy) is 1. The minimum atomic E-state index is -0.442. The van der Waals surface area contributed by atoms with E-state index in [0.717, 1.165) is 38.2 Å². The first-order chi connectivity index (χ1) is 14.0. The number of hydrogen-bond acceptors (Lipinski definition) is 6. The molecule has 0 saturated heterocycles. The van der Waals surface area contributed by atoms with Gasteiger partial charge in [-0.2, -0.15) is 0 Å². The predicted octanol–water partition coefficient (Wildman–Crippen LogP) is 5.09. The van der Waals surface area contributed by atoms with Crippen molar-refractivity contribution in [2.24, 2.45) is 0 Å². The highest BCUT2D eigenvalue weighted by Crippen LogP contribution is 2.24. The molecule has 2 aromatic heterocycles. The Kier molecular flexibility index (Phi) is 5.45. The number of para-hydroxylation sites is 1. The van der Waals surface area contributed by atoms with E-state index in [4.69, 9.17) is 9.15 Å². The van der Waals surface area contributed by atoms with E-state index in [1.807, 2.05) is 44.2 Å². The lowest BCUT2D eigenvalue weighted by Crippen LogP contribution is -2.08. The van der Waals surface area contributed by atoms with Gasteiger partial charge in [-0.25, -0.2) is 9.78 Å². The van der Waals surface area contributed by atoms with E-state index >= 15 is 0 Å². The summed E-state index contributed by atoms with van der Waals surface area (Å²) in [6.07, 6.45) is 1.73. The van der Waals surface area contributed by atoms with Gasteiger partial charge in [0.25, 0.3) is 0 Å². The first kappa shape index (κ1) is 19.3. The smallest absolute Gasteiger partial charge is 0.336 e. The highest BCUT2D eigenvalue weighted by Gasteiger charge is 2.11. The number of benzene rings is 2. The number of esters is 1.